The van der Waals surface area contributed by atoms with Gasteiger partial charge in [0.05, 0.1) is 6.10 Å². The van der Waals surface area contributed by atoms with Gasteiger partial charge in [0.15, 0.2) is 5.78 Å². The van der Waals surface area contributed by atoms with Gasteiger partial charge in [-0.05, 0) is 56.9 Å². The maximum atomic E-state index is 13.5. The van der Waals surface area contributed by atoms with E-state index in [2.05, 4.69) is 20.8 Å². The average Bonchev–Trinajstić information content (AvgIpc) is 3.20. The summed E-state index contributed by atoms with van der Waals surface area (Å²) in [4.78, 5) is 38.0. The molecule has 5 fully saturated rings. The predicted molar refractivity (Wildman–Crippen MR) is 113 cm³/mol. The minimum absolute atomic E-state index is 0.0688. The van der Waals surface area contributed by atoms with Crippen molar-refractivity contribution in [3.63, 3.8) is 0 Å². The maximum absolute atomic E-state index is 13.5. The minimum atomic E-state index is -0.384. The van der Waals surface area contributed by atoms with Gasteiger partial charge < -0.3 is 9.47 Å². The fourth-order valence-corrected chi connectivity index (χ4v) is 9.05. The summed E-state index contributed by atoms with van der Waals surface area (Å²) < 4.78 is 12.8. The molecule has 0 radical (unpaired) electrons. The van der Waals surface area contributed by atoms with Crippen LogP contribution in [0.25, 0.3) is 0 Å². The lowest BCUT2D eigenvalue weighted by molar-refractivity contribution is -0.167. The Morgan fingerprint density at radius 1 is 1.16 bits per heavy atom. The molecule has 2 saturated heterocycles. The first kappa shape index (κ1) is 20.1. The van der Waals surface area contributed by atoms with Gasteiger partial charge in [0.25, 0.3) is 0 Å². The molecule has 8 atom stereocenters. The fourth-order valence-electron chi connectivity index (χ4n) is 9.05. The summed E-state index contributed by atoms with van der Waals surface area (Å²) in [7, 11) is 0. The molecule has 0 amide bonds. The minimum Gasteiger partial charge on any atom is -0.458 e. The normalized spacial score (nSPS) is 52.0. The van der Waals surface area contributed by atoms with Crippen molar-refractivity contribution < 1.29 is 23.9 Å². The number of ketones is 2. The molecule has 0 aromatic carbocycles. The molecule has 5 heteroatoms. The molecule has 2 aliphatic heterocycles. The highest BCUT2D eigenvalue weighted by atomic mass is 16.6. The van der Waals surface area contributed by atoms with Crippen molar-refractivity contribution >= 4 is 17.5 Å². The Kier molecular flexibility index (Phi) is 3.96. The Balaban J connectivity index is 1.48. The van der Waals surface area contributed by atoms with Crippen molar-refractivity contribution in [2.75, 3.05) is 0 Å². The standard InChI is InChI=1S/C26H34O5/c1-4-5-19(28)17-13-15-12-16(27)6-9-23(15,2)26-20(30-26)14-24(3)18(22(17)26)7-10-25(24)11-8-21(29)31-25/h12,17-18,20,22H,4-11,13-14H2,1-3H3/t17-,18?,20-,22?,23-,24-,25+,26?/m0/s1. The van der Waals surface area contributed by atoms with E-state index in [9.17, 15) is 14.4 Å². The monoisotopic (exact) mass is 426 g/mol. The number of carbonyl (C=O) groups is 3. The molecule has 0 aromatic rings. The van der Waals surface area contributed by atoms with E-state index in [1.54, 1.807) is 0 Å². The number of hydrogen-bond acceptors (Lipinski definition) is 5. The number of hydrogen-bond donors (Lipinski definition) is 0. The van der Waals surface area contributed by atoms with Crippen LogP contribution in [0, 0.1) is 28.6 Å². The zero-order valence-corrected chi connectivity index (χ0v) is 19.0. The molecule has 4 aliphatic carbocycles. The van der Waals surface area contributed by atoms with Crippen LogP contribution in [-0.4, -0.2) is 34.8 Å². The molecule has 0 N–H and O–H groups in total. The van der Waals surface area contributed by atoms with Gasteiger partial charge >= 0.3 is 5.97 Å². The second kappa shape index (κ2) is 6.09. The number of epoxide rings is 1. The van der Waals surface area contributed by atoms with E-state index < -0.39 is 0 Å². The molecule has 0 aromatic heterocycles. The summed E-state index contributed by atoms with van der Waals surface area (Å²) in [6.45, 7) is 6.67. The second-order valence-corrected chi connectivity index (χ2v) is 11.7. The van der Waals surface area contributed by atoms with E-state index in [4.69, 9.17) is 9.47 Å². The first-order valence-corrected chi connectivity index (χ1v) is 12.4. The van der Waals surface area contributed by atoms with Crippen LogP contribution in [0.3, 0.4) is 0 Å². The van der Waals surface area contributed by atoms with Gasteiger partial charge in [-0.25, -0.2) is 0 Å². The van der Waals surface area contributed by atoms with Gasteiger partial charge in [0.2, 0.25) is 0 Å². The molecule has 5 nitrogen and oxygen atoms in total. The zero-order chi connectivity index (χ0) is 21.8. The van der Waals surface area contributed by atoms with Gasteiger partial charge in [-0.2, -0.15) is 0 Å². The maximum Gasteiger partial charge on any atom is 0.306 e. The van der Waals surface area contributed by atoms with Crippen molar-refractivity contribution in [1.82, 2.24) is 0 Å². The van der Waals surface area contributed by atoms with Crippen molar-refractivity contribution in [2.45, 2.75) is 102 Å². The lowest BCUT2D eigenvalue weighted by atomic mass is 9.43. The number of Topliss-reactive ketones (excluding diaryl/α,β-unsaturated/α-hetero) is 1. The number of rotatable bonds is 3. The van der Waals surface area contributed by atoms with Crippen LogP contribution < -0.4 is 0 Å². The molecule has 6 rings (SSSR count). The van der Waals surface area contributed by atoms with E-state index in [1.807, 2.05) is 6.08 Å². The van der Waals surface area contributed by atoms with Gasteiger partial charge in [0, 0.05) is 41.9 Å². The van der Waals surface area contributed by atoms with Gasteiger partial charge in [-0.3, -0.25) is 14.4 Å². The van der Waals surface area contributed by atoms with Crippen molar-refractivity contribution in [3.05, 3.63) is 11.6 Å². The van der Waals surface area contributed by atoms with Crippen molar-refractivity contribution in [1.29, 1.82) is 0 Å². The molecular formula is C26H34O5. The molecule has 0 bridgehead atoms. The highest BCUT2D eigenvalue weighted by molar-refractivity contribution is 5.92. The quantitative estimate of drug-likeness (QED) is 0.496. The Bertz CT molecular complexity index is 921. The van der Waals surface area contributed by atoms with Crippen LogP contribution in [0.5, 0.6) is 0 Å². The van der Waals surface area contributed by atoms with Crippen LogP contribution in [0.4, 0.5) is 0 Å². The molecular weight excluding hydrogens is 392 g/mol. The topological polar surface area (TPSA) is 73.0 Å². The second-order valence-electron chi connectivity index (χ2n) is 11.7. The predicted octanol–water partition coefficient (Wildman–Crippen LogP) is 4.32. The van der Waals surface area contributed by atoms with Crippen LogP contribution in [-0.2, 0) is 23.9 Å². The van der Waals surface area contributed by atoms with Crippen molar-refractivity contribution in [3.8, 4) is 0 Å². The van der Waals surface area contributed by atoms with E-state index in [1.165, 1.54) is 0 Å². The van der Waals surface area contributed by atoms with Gasteiger partial charge in [0.1, 0.15) is 17.0 Å². The lowest BCUT2D eigenvalue weighted by Crippen LogP contribution is -2.63. The van der Waals surface area contributed by atoms with E-state index in [0.717, 1.165) is 44.1 Å². The molecule has 168 valence electrons. The summed E-state index contributed by atoms with van der Waals surface area (Å²) in [5, 5.41) is 0. The summed E-state index contributed by atoms with van der Waals surface area (Å²) in [6.07, 6.45) is 9.57. The third-order valence-corrected chi connectivity index (χ3v) is 10.6. The molecule has 2 spiro atoms. The summed E-state index contributed by atoms with van der Waals surface area (Å²) in [5.41, 5.74) is 0.138. The Morgan fingerprint density at radius 3 is 2.68 bits per heavy atom. The molecule has 3 unspecified atom stereocenters. The number of carbonyl (C=O) groups excluding carboxylic acids is 3. The number of fused-ring (bicyclic) bond motifs is 4. The molecule has 2 heterocycles. The van der Waals surface area contributed by atoms with Crippen LogP contribution in [0.15, 0.2) is 11.6 Å². The smallest absolute Gasteiger partial charge is 0.306 e. The highest BCUT2D eigenvalue weighted by Gasteiger charge is 2.83. The third kappa shape index (κ3) is 2.24. The van der Waals surface area contributed by atoms with Crippen LogP contribution in [0.2, 0.25) is 0 Å². The summed E-state index contributed by atoms with van der Waals surface area (Å²) >= 11 is 0. The SMILES string of the molecule is CCCC(=O)[C@@H]1CC2=CC(=O)CC[C@]2(C)C23O[C@H]2C[C@@]2(C)C(CC[C@@]24CCC(=O)O4)C13. The number of ether oxygens (including phenoxy) is 2. The average molecular weight is 427 g/mol. The Morgan fingerprint density at radius 2 is 1.97 bits per heavy atom. The van der Waals surface area contributed by atoms with E-state index in [-0.39, 0.29) is 51.7 Å². The molecule has 31 heavy (non-hydrogen) atoms. The third-order valence-electron chi connectivity index (χ3n) is 10.6. The molecule has 3 saturated carbocycles. The Hall–Kier alpha value is -1.49. The van der Waals surface area contributed by atoms with Crippen LogP contribution in [0.1, 0.15) is 85.0 Å². The molecule has 6 aliphatic rings. The van der Waals surface area contributed by atoms with Gasteiger partial charge in [-0.1, -0.05) is 26.3 Å². The first-order chi connectivity index (χ1) is 14.7. The van der Waals surface area contributed by atoms with E-state index in [0.29, 0.717) is 37.4 Å². The summed E-state index contributed by atoms with van der Waals surface area (Å²) in [5.74, 6) is 0.839. The van der Waals surface area contributed by atoms with E-state index >= 15 is 0 Å². The highest BCUT2D eigenvalue weighted by Crippen LogP contribution is 2.78. The summed E-state index contributed by atoms with van der Waals surface area (Å²) in [6, 6.07) is 0. The largest absolute Gasteiger partial charge is 0.458 e. The van der Waals surface area contributed by atoms with Gasteiger partial charge in [-0.15, -0.1) is 0 Å². The zero-order valence-electron chi connectivity index (χ0n) is 19.0. The lowest BCUT2D eigenvalue weighted by Gasteiger charge is -2.58. The first-order valence-electron chi connectivity index (χ1n) is 12.4. The Labute approximate surface area is 184 Å². The van der Waals surface area contributed by atoms with Crippen molar-refractivity contribution in [2.24, 2.45) is 28.6 Å². The van der Waals surface area contributed by atoms with Crippen LogP contribution >= 0.6 is 0 Å². The number of esters is 1. The fraction of sp³-hybridized carbons (Fsp3) is 0.808.